The molecule has 0 heterocycles. The molecule has 25 heavy (non-hydrogen) atoms. The van der Waals surface area contributed by atoms with Crippen LogP contribution in [0.25, 0.3) is 0 Å². The van der Waals surface area contributed by atoms with E-state index in [0.717, 1.165) is 12.8 Å². The van der Waals surface area contributed by atoms with Crippen molar-refractivity contribution in [2.45, 2.75) is 117 Å². The fourth-order valence-electron chi connectivity index (χ4n) is 2.35. The molecule has 148 valence electrons. The quantitative estimate of drug-likeness (QED) is 0.191. The third-order valence-electron chi connectivity index (χ3n) is 3.65. The van der Waals surface area contributed by atoms with Gasteiger partial charge in [0.05, 0.1) is 0 Å². The Morgan fingerprint density at radius 1 is 0.800 bits per heavy atom. The van der Waals surface area contributed by atoms with Crippen LogP contribution in [0, 0.1) is 0 Å². The molecule has 0 rings (SSSR count). The van der Waals surface area contributed by atoms with Crippen molar-refractivity contribution in [2.24, 2.45) is 0 Å². The van der Waals surface area contributed by atoms with E-state index in [1.54, 1.807) is 13.8 Å². The van der Waals surface area contributed by atoms with Gasteiger partial charge in [0.15, 0.2) is 0 Å². The number of carbonyl (C=O) groups is 1. The number of unbranched alkanes of at least 4 members (excludes halogenated alkanes) is 11. The molecule has 0 fully saturated rings. The van der Waals surface area contributed by atoms with Crippen LogP contribution in [-0.4, -0.2) is 22.3 Å². The molecule has 0 spiro atoms. The van der Waals surface area contributed by atoms with E-state index in [4.69, 9.17) is 10.2 Å². The van der Waals surface area contributed by atoms with Crippen LogP contribution in [-0.2, 0) is 26.5 Å². The number of carboxylic acids is 1. The third-order valence-corrected chi connectivity index (χ3v) is 3.65. The van der Waals surface area contributed by atoms with Crippen molar-refractivity contribution in [3.05, 3.63) is 12.2 Å². The number of carboxylic acid groups (broad SMARTS) is 1. The second-order valence-corrected chi connectivity index (χ2v) is 6.82. The topological polar surface area (TPSA) is 57.5 Å². The van der Waals surface area contributed by atoms with Crippen molar-refractivity contribution < 1.29 is 36.7 Å². The normalized spacial score (nSPS) is 10.4. The predicted molar refractivity (Wildman–Crippen MR) is 104 cm³/mol. The van der Waals surface area contributed by atoms with Gasteiger partial charge in [0.2, 0.25) is 0 Å². The maximum Gasteiger partial charge on any atom is 0.303 e. The first-order chi connectivity index (χ1) is 11.5. The fourth-order valence-corrected chi connectivity index (χ4v) is 2.35. The summed E-state index contributed by atoms with van der Waals surface area (Å²) in [5.74, 6) is -0.664. The van der Waals surface area contributed by atoms with Gasteiger partial charge in [0.1, 0.15) is 0 Å². The van der Waals surface area contributed by atoms with Crippen LogP contribution >= 0.6 is 0 Å². The summed E-state index contributed by atoms with van der Waals surface area (Å²) in [5.41, 5.74) is 0. The molecular formula is C21H42O3Ti. The van der Waals surface area contributed by atoms with Crippen LogP contribution in [0.2, 0.25) is 0 Å². The Bertz CT molecular complexity index is 276. The minimum Gasteiger partial charge on any atom is -0.481 e. The van der Waals surface area contributed by atoms with Gasteiger partial charge in [0.25, 0.3) is 0 Å². The Hall–Kier alpha value is -0.116. The summed E-state index contributed by atoms with van der Waals surface area (Å²) in [7, 11) is 0. The zero-order valence-electron chi connectivity index (χ0n) is 16.9. The summed E-state index contributed by atoms with van der Waals surface area (Å²) in [6.45, 7) is 5.70. The first kappa shape index (κ1) is 29.6. The number of aliphatic hydroxyl groups is 1. The van der Waals surface area contributed by atoms with Crippen molar-refractivity contribution in [3.63, 3.8) is 0 Å². The Morgan fingerprint density at radius 2 is 1.16 bits per heavy atom. The molecule has 3 nitrogen and oxygen atoms in total. The third kappa shape index (κ3) is 40.1. The number of aliphatic carboxylic acids is 1. The summed E-state index contributed by atoms with van der Waals surface area (Å²) in [5, 5.41) is 16.6. The van der Waals surface area contributed by atoms with Crippen LogP contribution in [0.15, 0.2) is 12.2 Å². The van der Waals surface area contributed by atoms with Crippen LogP contribution in [0.3, 0.4) is 0 Å². The van der Waals surface area contributed by atoms with Crippen molar-refractivity contribution >= 4 is 5.97 Å². The molecule has 4 heteroatoms. The molecule has 0 aliphatic heterocycles. The van der Waals surface area contributed by atoms with Gasteiger partial charge >= 0.3 is 5.97 Å². The van der Waals surface area contributed by atoms with E-state index >= 15 is 0 Å². The van der Waals surface area contributed by atoms with Gasteiger partial charge in [-0.05, 0) is 46.0 Å². The van der Waals surface area contributed by atoms with E-state index in [1.807, 2.05) is 0 Å². The van der Waals surface area contributed by atoms with Crippen LogP contribution in [0.4, 0.5) is 0 Å². The number of aliphatic hydroxyl groups excluding tert-OH is 1. The molecule has 0 saturated heterocycles. The maximum atomic E-state index is 10.3. The average Bonchev–Trinajstić information content (AvgIpc) is 2.50. The van der Waals surface area contributed by atoms with E-state index in [9.17, 15) is 4.79 Å². The minimum absolute atomic E-state index is 0. The van der Waals surface area contributed by atoms with E-state index < -0.39 is 5.97 Å². The largest absolute Gasteiger partial charge is 0.481 e. The standard InChI is InChI=1S/C18H34O2.C3H8O.Ti/c1-2-3-4-5-6-7-8-9-10-11-12-13-14-15-16-17-18(19)20;1-3(2)4;/h9-10H,2-8,11-17H2,1H3,(H,19,20);3-4H,1-2H3;. The SMILES string of the molecule is CC(C)O.CCCCCCCCC=CCCCCCCCC(=O)O.[Ti]. The van der Waals surface area contributed by atoms with Crippen LogP contribution in [0.1, 0.15) is 111 Å². The summed E-state index contributed by atoms with van der Waals surface area (Å²) >= 11 is 0. The molecule has 0 aromatic rings. The van der Waals surface area contributed by atoms with E-state index in [-0.39, 0.29) is 27.8 Å². The number of rotatable bonds is 15. The Balaban J connectivity index is -0.000000867. The zero-order chi connectivity index (χ0) is 18.5. The van der Waals surface area contributed by atoms with Gasteiger partial charge in [0, 0.05) is 34.2 Å². The summed E-state index contributed by atoms with van der Waals surface area (Å²) in [4.78, 5) is 10.3. The molecule has 0 atom stereocenters. The molecule has 0 aliphatic carbocycles. The molecule has 0 aromatic heterocycles. The molecule has 0 saturated carbocycles. The van der Waals surface area contributed by atoms with E-state index in [1.165, 1.54) is 70.6 Å². The van der Waals surface area contributed by atoms with Gasteiger partial charge in [-0.1, -0.05) is 70.4 Å². The smallest absolute Gasteiger partial charge is 0.303 e. The van der Waals surface area contributed by atoms with Gasteiger partial charge < -0.3 is 10.2 Å². The fraction of sp³-hybridized carbons (Fsp3) is 0.857. The van der Waals surface area contributed by atoms with E-state index in [0.29, 0.717) is 6.42 Å². The number of hydrogen-bond acceptors (Lipinski definition) is 2. The van der Waals surface area contributed by atoms with Gasteiger partial charge in [-0.2, -0.15) is 0 Å². The Kier molecular flexibility index (Phi) is 31.0. The van der Waals surface area contributed by atoms with Crippen LogP contribution in [0.5, 0.6) is 0 Å². The van der Waals surface area contributed by atoms with Crippen molar-refractivity contribution in [1.82, 2.24) is 0 Å². The second kappa shape index (κ2) is 26.1. The summed E-state index contributed by atoms with van der Waals surface area (Å²) < 4.78 is 0. The van der Waals surface area contributed by atoms with Crippen molar-refractivity contribution in [1.29, 1.82) is 0 Å². The number of hydrogen-bond donors (Lipinski definition) is 2. The van der Waals surface area contributed by atoms with Gasteiger partial charge in [-0.25, -0.2) is 0 Å². The molecule has 0 unspecified atom stereocenters. The molecular weight excluding hydrogens is 348 g/mol. The maximum absolute atomic E-state index is 10.3. The predicted octanol–water partition coefficient (Wildman–Crippen LogP) is 6.49. The zero-order valence-corrected chi connectivity index (χ0v) is 18.5. The average molecular weight is 390 g/mol. The molecule has 0 radical (unpaired) electrons. The molecule has 0 aromatic carbocycles. The van der Waals surface area contributed by atoms with Crippen LogP contribution < -0.4 is 0 Å². The Morgan fingerprint density at radius 3 is 1.56 bits per heavy atom. The summed E-state index contributed by atoms with van der Waals surface area (Å²) in [6.07, 6.45) is 21.1. The molecule has 0 amide bonds. The van der Waals surface area contributed by atoms with Gasteiger partial charge in [-0.3, -0.25) is 4.79 Å². The van der Waals surface area contributed by atoms with Crippen molar-refractivity contribution in [2.75, 3.05) is 0 Å². The first-order valence-corrected chi connectivity index (χ1v) is 10.1. The number of allylic oxidation sites excluding steroid dienone is 2. The first-order valence-electron chi connectivity index (χ1n) is 10.1. The summed E-state index contributed by atoms with van der Waals surface area (Å²) in [6, 6.07) is 0. The van der Waals surface area contributed by atoms with Crippen molar-refractivity contribution in [3.8, 4) is 0 Å². The Labute approximate surface area is 171 Å². The monoisotopic (exact) mass is 390 g/mol. The second-order valence-electron chi connectivity index (χ2n) is 6.82. The molecule has 0 bridgehead atoms. The van der Waals surface area contributed by atoms with Gasteiger partial charge in [-0.15, -0.1) is 0 Å². The van der Waals surface area contributed by atoms with E-state index in [2.05, 4.69) is 19.1 Å². The minimum atomic E-state index is -0.664. The molecule has 0 aliphatic rings. The molecule has 2 N–H and O–H groups in total.